The minimum atomic E-state index is -1.07. The Hall–Kier alpha value is -1.94. The Kier molecular flexibility index (Phi) is 6.11. The Morgan fingerprint density at radius 2 is 1.57 bits per heavy atom. The molecule has 0 aliphatic carbocycles. The van der Waals surface area contributed by atoms with Crippen LogP contribution in [-0.4, -0.2) is 22.4 Å². The standard InChI is InChI=1S/C19H23NO2S/c1-19(2,16-9-5-3-6-10-16)15-18(21)20-13-14-23(22)17-11-7-4-8-12-17/h3-12H,13-15H2,1-2H3,(H,20,21)/t23-/m1/s1. The number of carbonyl (C=O) groups excluding carboxylic acids is 1. The van der Waals surface area contributed by atoms with E-state index in [0.29, 0.717) is 18.7 Å². The normalized spacial score (nSPS) is 12.6. The van der Waals surface area contributed by atoms with Gasteiger partial charge in [-0.15, -0.1) is 0 Å². The number of hydrogen-bond donors (Lipinski definition) is 1. The first kappa shape index (κ1) is 17.4. The van der Waals surface area contributed by atoms with Crippen molar-refractivity contribution in [3.8, 4) is 0 Å². The first-order chi connectivity index (χ1) is 11.0. The highest BCUT2D eigenvalue weighted by molar-refractivity contribution is 7.85. The van der Waals surface area contributed by atoms with Crippen LogP contribution in [0.15, 0.2) is 65.6 Å². The zero-order chi connectivity index (χ0) is 16.7. The summed E-state index contributed by atoms with van der Waals surface area (Å²) in [4.78, 5) is 12.9. The molecule has 1 atom stereocenters. The summed E-state index contributed by atoms with van der Waals surface area (Å²) < 4.78 is 12.1. The molecule has 0 aliphatic heterocycles. The second kappa shape index (κ2) is 8.06. The van der Waals surface area contributed by atoms with E-state index in [1.54, 1.807) is 0 Å². The molecule has 0 fully saturated rings. The number of nitrogens with one attached hydrogen (secondary N) is 1. The first-order valence-electron chi connectivity index (χ1n) is 7.75. The molecule has 2 aromatic carbocycles. The second-order valence-corrected chi connectivity index (χ2v) is 7.71. The van der Waals surface area contributed by atoms with Crippen LogP contribution in [0.3, 0.4) is 0 Å². The molecule has 0 spiro atoms. The van der Waals surface area contributed by atoms with Crippen LogP contribution in [0, 0.1) is 0 Å². The summed E-state index contributed by atoms with van der Waals surface area (Å²) in [7, 11) is -1.07. The van der Waals surface area contributed by atoms with Crippen LogP contribution in [0.2, 0.25) is 0 Å². The number of benzene rings is 2. The van der Waals surface area contributed by atoms with E-state index in [2.05, 4.69) is 19.2 Å². The monoisotopic (exact) mass is 329 g/mol. The molecule has 0 bridgehead atoms. The zero-order valence-corrected chi connectivity index (χ0v) is 14.4. The Morgan fingerprint density at radius 1 is 1.00 bits per heavy atom. The number of carbonyl (C=O) groups is 1. The molecule has 0 radical (unpaired) electrons. The summed E-state index contributed by atoms with van der Waals surface area (Å²) in [6.07, 6.45) is 0.412. The van der Waals surface area contributed by atoms with Crippen molar-refractivity contribution in [3.05, 3.63) is 66.2 Å². The SMILES string of the molecule is CC(C)(CC(=O)NCC[S@@](=O)c1ccccc1)c1ccccc1. The van der Waals surface area contributed by atoms with E-state index in [1.165, 1.54) is 0 Å². The molecule has 1 amide bonds. The molecule has 3 nitrogen and oxygen atoms in total. The highest BCUT2D eigenvalue weighted by Gasteiger charge is 2.23. The molecule has 122 valence electrons. The summed E-state index contributed by atoms with van der Waals surface area (Å²) in [6.45, 7) is 4.54. The molecule has 0 saturated heterocycles. The van der Waals surface area contributed by atoms with Crippen molar-refractivity contribution in [1.82, 2.24) is 5.32 Å². The number of rotatable bonds is 7. The third-order valence-electron chi connectivity index (χ3n) is 3.77. The average molecular weight is 329 g/mol. The smallest absolute Gasteiger partial charge is 0.220 e. The summed E-state index contributed by atoms with van der Waals surface area (Å²) in [5, 5.41) is 2.88. The predicted molar refractivity (Wildman–Crippen MR) is 94.8 cm³/mol. The zero-order valence-electron chi connectivity index (χ0n) is 13.6. The van der Waals surface area contributed by atoms with Crippen LogP contribution in [0.5, 0.6) is 0 Å². The fraction of sp³-hybridized carbons (Fsp3) is 0.316. The fourth-order valence-electron chi connectivity index (χ4n) is 2.43. The van der Waals surface area contributed by atoms with Crippen LogP contribution >= 0.6 is 0 Å². The van der Waals surface area contributed by atoms with Crippen LogP contribution in [0.25, 0.3) is 0 Å². The van der Waals surface area contributed by atoms with E-state index >= 15 is 0 Å². The lowest BCUT2D eigenvalue weighted by Crippen LogP contribution is -2.33. The highest BCUT2D eigenvalue weighted by Crippen LogP contribution is 2.26. The van der Waals surface area contributed by atoms with Crippen molar-refractivity contribution in [2.24, 2.45) is 0 Å². The van der Waals surface area contributed by atoms with Gasteiger partial charge in [-0.05, 0) is 23.1 Å². The van der Waals surface area contributed by atoms with Gasteiger partial charge < -0.3 is 5.32 Å². The molecule has 2 aromatic rings. The van der Waals surface area contributed by atoms with E-state index in [-0.39, 0.29) is 11.3 Å². The van der Waals surface area contributed by atoms with Gasteiger partial charge in [0, 0.05) is 23.6 Å². The van der Waals surface area contributed by atoms with E-state index in [9.17, 15) is 9.00 Å². The quantitative estimate of drug-likeness (QED) is 0.847. The Balaban J connectivity index is 1.80. The van der Waals surface area contributed by atoms with Gasteiger partial charge in [0.2, 0.25) is 5.91 Å². The van der Waals surface area contributed by atoms with Gasteiger partial charge in [0.15, 0.2) is 0 Å². The summed E-state index contributed by atoms with van der Waals surface area (Å²) in [5.41, 5.74) is 0.923. The highest BCUT2D eigenvalue weighted by atomic mass is 32.2. The van der Waals surface area contributed by atoms with Gasteiger partial charge in [-0.2, -0.15) is 0 Å². The van der Waals surface area contributed by atoms with Crippen molar-refractivity contribution in [3.63, 3.8) is 0 Å². The summed E-state index contributed by atoms with van der Waals surface area (Å²) in [5.74, 6) is 0.422. The van der Waals surface area contributed by atoms with Gasteiger partial charge in [0.05, 0.1) is 10.8 Å². The lowest BCUT2D eigenvalue weighted by atomic mass is 9.81. The maximum atomic E-state index is 12.1. The predicted octanol–water partition coefficient (Wildman–Crippen LogP) is 3.28. The third kappa shape index (κ3) is 5.32. The summed E-state index contributed by atoms with van der Waals surface area (Å²) >= 11 is 0. The van der Waals surface area contributed by atoms with Crippen molar-refractivity contribution in [2.45, 2.75) is 30.6 Å². The molecule has 1 N–H and O–H groups in total. The van der Waals surface area contributed by atoms with E-state index in [0.717, 1.165) is 10.5 Å². The lowest BCUT2D eigenvalue weighted by Gasteiger charge is -2.24. The molecular weight excluding hydrogens is 306 g/mol. The van der Waals surface area contributed by atoms with Gasteiger partial charge in [-0.3, -0.25) is 9.00 Å². The van der Waals surface area contributed by atoms with E-state index < -0.39 is 10.8 Å². The van der Waals surface area contributed by atoms with E-state index in [4.69, 9.17) is 0 Å². The Morgan fingerprint density at radius 3 is 2.17 bits per heavy atom. The minimum Gasteiger partial charge on any atom is -0.355 e. The molecule has 0 saturated carbocycles. The molecular formula is C19H23NO2S. The Labute approximate surface area is 140 Å². The molecule has 0 unspecified atom stereocenters. The van der Waals surface area contributed by atoms with Gasteiger partial charge in [-0.25, -0.2) is 0 Å². The third-order valence-corrected chi connectivity index (χ3v) is 5.15. The van der Waals surface area contributed by atoms with E-state index in [1.807, 2.05) is 60.7 Å². The number of hydrogen-bond acceptors (Lipinski definition) is 2. The van der Waals surface area contributed by atoms with Crippen LogP contribution < -0.4 is 5.32 Å². The van der Waals surface area contributed by atoms with Crippen molar-refractivity contribution < 1.29 is 9.00 Å². The molecule has 0 aliphatic rings. The largest absolute Gasteiger partial charge is 0.355 e. The van der Waals surface area contributed by atoms with Crippen molar-refractivity contribution in [2.75, 3.05) is 12.3 Å². The molecule has 0 aromatic heterocycles. The maximum Gasteiger partial charge on any atom is 0.220 e. The first-order valence-corrected chi connectivity index (χ1v) is 9.06. The van der Waals surface area contributed by atoms with Gasteiger partial charge >= 0.3 is 0 Å². The number of amides is 1. The topological polar surface area (TPSA) is 46.2 Å². The van der Waals surface area contributed by atoms with Crippen molar-refractivity contribution in [1.29, 1.82) is 0 Å². The average Bonchev–Trinajstić information content (AvgIpc) is 2.56. The van der Waals surface area contributed by atoms with Crippen LogP contribution in [0.4, 0.5) is 0 Å². The minimum absolute atomic E-state index is 0.0103. The van der Waals surface area contributed by atoms with Crippen LogP contribution in [-0.2, 0) is 21.0 Å². The van der Waals surface area contributed by atoms with Gasteiger partial charge in [0.25, 0.3) is 0 Å². The summed E-state index contributed by atoms with van der Waals surface area (Å²) in [6, 6.07) is 19.3. The molecule has 2 rings (SSSR count). The fourth-order valence-corrected chi connectivity index (χ4v) is 3.41. The van der Waals surface area contributed by atoms with Gasteiger partial charge in [0.1, 0.15) is 0 Å². The second-order valence-electron chi connectivity index (χ2n) is 6.14. The van der Waals surface area contributed by atoms with Gasteiger partial charge in [-0.1, -0.05) is 62.4 Å². The Bertz CT molecular complexity index is 654. The lowest BCUT2D eigenvalue weighted by molar-refractivity contribution is -0.122. The molecule has 4 heteroatoms. The molecule has 0 heterocycles. The molecule has 23 heavy (non-hydrogen) atoms. The van der Waals surface area contributed by atoms with Crippen LogP contribution in [0.1, 0.15) is 25.8 Å². The van der Waals surface area contributed by atoms with Crippen molar-refractivity contribution >= 4 is 16.7 Å². The maximum absolute atomic E-state index is 12.1.